The summed E-state index contributed by atoms with van der Waals surface area (Å²) in [5, 5.41) is 0. The Morgan fingerprint density at radius 3 is 3.00 bits per heavy atom. The first kappa shape index (κ1) is 6.79. The van der Waals surface area contributed by atoms with Crippen LogP contribution >= 0.6 is 0 Å². The molecule has 0 radical (unpaired) electrons. The van der Waals surface area contributed by atoms with E-state index in [0.717, 1.165) is 19.3 Å². The van der Waals surface area contributed by atoms with Crippen molar-refractivity contribution in [3.8, 4) is 0 Å². The molecule has 1 aliphatic rings. The van der Waals surface area contributed by atoms with Gasteiger partial charge in [0.25, 0.3) is 0 Å². The second-order valence-electron chi connectivity index (χ2n) is 2.85. The van der Waals surface area contributed by atoms with Crippen molar-refractivity contribution >= 4 is 0 Å². The summed E-state index contributed by atoms with van der Waals surface area (Å²) >= 11 is 0. The molecule has 1 rings (SSSR count). The second kappa shape index (κ2) is 3.00. The highest BCUT2D eigenvalue weighted by atomic mass is 19.1. The third-order valence-electron chi connectivity index (χ3n) is 1.90. The lowest BCUT2D eigenvalue weighted by Crippen LogP contribution is -2.06. The highest BCUT2D eigenvalue weighted by Gasteiger charge is 2.11. The Morgan fingerprint density at radius 2 is 2.56 bits per heavy atom. The van der Waals surface area contributed by atoms with Gasteiger partial charge in [0.15, 0.2) is 0 Å². The highest BCUT2D eigenvalue weighted by molar-refractivity contribution is 5.02. The van der Waals surface area contributed by atoms with Crippen molar-refractivity contribution in [2.24, 2.45) is 5.92 Å². The van der Waals surface area contributed by atoms with Crippen molar-refractivity contribution in [3.05, 3.63) is 11.6 Å². The minimum atomic E-state index is -0.134. The van der Waals surface area contributed by atoms with Gasteiger partial charge in [-0.25, -0.2) is 0 Å². The molecule has 52 valence electrons. The number of alkyl halides is 1. The van der Waals surface area contributed by atoms with Crippen LogP contribution in [0.4, 0.5) is 4.39 Å². The average Bonchev–Trinajstić information content (AvgIpc) is 1.88. The lowest BCUT2D eigenvalue weighted by Gasteiger charge is -2.16. The smallest absolute Gasteiger partial charge is 0.0925 e. The molecule has 0 amide bonds. The molecule has 0 bridgehead atoms. The summed E-state index contributed by atoms with van der Waals surface area (Å²) in [5.74, 6) is 0.329. The van der Waals surface area contributed by atoms with Crippen LogP contribution in [0.5, 0.6) is 0 Å². The SMILES string of the molecule is CC1=CCCC(CF)C1. The average molecular weight is 128 g/mol. The number of halogens is 1. The van der Waals surface area contributed by atoms with Gasteiger partial charge in [-0.15, -0.1) is 0 Å². The molecule has 0 aromatic heterocycles. The van der Waals surface area contributed by atoms with E-state index in [2.05, 4.69) is 13.0 Å². The molecular weight excluding hydrogens is 115 g/mol. The molecular formula is C8H13F. The van der Waals surface area contributed by atoms with Crippen LogP contribution in [0.25, 0.3) is 0 Å². The van der Waals surface area contributed by atoms with Crippen molar-refractivity contribution in [1.29, 1.82) is 0 Å². The Balaban J connectivity index is 2.39. The van der Waals surface area contributed by atoms with Crippen LogP contribution in [-0.2, 0) is 0 Å². The molecule has 0 heterocycles. The predicted molar refractivity (Wildman–Crippen MR) is 37.1 cm³/mol. The second-order valence-corrected chi connectivity index (χ2v) is 2.85. The quantitative estimate of drug-likeness (QED) is 0.476. The summed E-state index contributed by atoms with van der Waals surface area (Å²) in [6.07, 6.45) is 5.33. The molecule has 1 unspecified atom stereocenters. The highest BCUT2D eigenvalue weighted by Crippen LogP contribution is 2.23. The fraction of sp³-hybridized carbons (Fsp3) is 0.750. The van der Waals surface area contributed by atoms with Gasteiger partial charge in [0.1, 0.15) is 0 Å². The molecule has 9 heavy (non-hydrogen) atoms. The van der Waals surface area contributed by atoms with E-state index < -0.39 is 0 Å². The molecule has 0 fully saturated rings. The van der Waals surface area contributed by atoms with E-state index in [-0.39, 0.29) is 6.67 Å². The van der Waals surface area contributed by atoms with Gasteiger partial charge in [0, 0.05) is 0 Å². The number of hydrogen-bond acceptors (Lipinski definition) is 0. The van der Waals surface area contributed by atoms with Gasteiger partial charge in [-0.2, -0.15) is 0 Å². The van der Waals surface area contributed by atoms with Gasteiger partial charge < -0.3 is 0 Å². The van der Waals surface area contributed by atoms with E-state index in [4.69, 9.17) is 0 Å². The maximum absolute atomic E-state index is 12.0. The molecule has 1 aliphatic carbocycles. The Kier molecular flexibility index (Phi) is 2.26. The van der Waals surface area contributed by atoms with Crippen LogP contribution in [0.3, 0.4) is 0 Å². The van der Waals surface area contributed by atoms with Crippen molar-refractivity contribution in [3.63, 3.8) is 0 Å². The van der Waals surface area contributed by atoms with Crippen molar-refractivity contribution in [2.75, 3.05) is 6.67 Å². The van der Waals surface area contributed by atoms with Crippen LogP contribution in [-0.4, -0.2) is 6.67 Å². The van der Waals surface area contributed by atoms with Crippen LogP contribution in [0.15, 0.2) is 11.6 Å². The summed E-state index contributed by atoms with van der Waals surface area (Å²) in [7, 11) is 0. The molecule has 0 aliphatic heterocycles. The fourth-order valence-electron chi connectivity index (χ4n) is 1.34. The fourth-order valence-corrected chi connectivity index (χ4v) is 1.34. The zero-order valence-corrected chi connectivity index (χ0v) is 5.86. The van der Waals surface area contributed by atoms with Gasteiger partial charge in [0.2, 0.25) is 0 Å². The Morgan fingerprint density at radius 1 is 1.78 bits per heavy atom. The van der Waals surface area contributed by atoms with E-state index in [9.17, 15) is 4.39 Å². The van der Waals surface area contributed by atoms with Gasteiger partial charge in [0.05, 0.1) is 6.67 Å². The normalized spacial score (nSPS) is 27.8. The Bertz CT molecular complexity index is 116. The first-order valence-corrected chi connectivity index (χ1v) is 3.54. The molecule has 0 nitrogen and oxygen atoms in total. The maximum Gasteiger partial charge on any atom is 0.0925 e. The minimum Gasteiger partial charge on any atom is -0.251 e. The van der Waals surface area contributed by atoms with Crippen LogP contribution < -0.4 is 0 Å². The first-order chi connectivity index (χ1) is 4.33. The van der Waals surface area contributed by atoms with E-state index in [1.165, 1.54) is 5.57 Å². The monoisotopic (exact) mass is 128 g/mol. The van der Waals surface area contributed by atoms with Crippen LogP contribution in [0, 0.1) is 5.92 Å². The largest absolute Gasteiger partial charge is 0.251 e. The van der Waals surface area contributed by atoms with Gasteiger partial charge in [-0.3, -0.25) is 4.39 Å². The molecule has 0 spiro atoms. The predicted octanol–water partition coefficient (Wildman–Crippen LogP) is 2.70. The Labute approximate surface area is 55.8 Å². The zero-order chi connectivity index (χ0) is 6.69. The third-order valence-corrected chi connectivity index (χ3v) is 1.90. The zero-order valence-electron chi connectivity index (χ0n) is 5.86. The van der Waals surface area contributed by atoms with Gasteiger partial charge in [-0.05, 0) is 32.1 Å². The van der Waals surface area contributed by atoms with Crippen molar-refractivity contribution < 1.29 is 4.39 Å². The summed E-state index contributed by atoms with van der Waals surface area (Å²) < 4.78 is 12.0. The topological polar surface area (TPSA) is 0 Å². The molecule has 0 aromatic rings. The molecule has 0 saturated heterocycles. The lowest BCUT2D eigenvalue weighted by atomic mass is 9.91. The van der Waals surface area contributed by atoms with Crippen molar-refractivity contribution in [2.45, 2.75) is 26.2 Å². The minimum absolute atomic E-state index is 0.134. The third kappa shape index (κ3) is 1.81. The van der Waals surface area contributed by atoms with E-state index in [1.807, 2.05) is 0 Å². The molecule has 1 atom stereocenters. The maximum atomic E-state index is 12.0. The number of hydrogen-bond donors (Lipinski definition) is 0. The molecule has 0 N–H and O–H groups in total. The van der Waals surface area contributed by atoms with Gasteiger partial charge in [-0.1, -0.05) is 11.6 Å². The van der Waals surface area contributed by atoms with E-state index >= 15 is 0 Å². The van der Waals surface area contributed by atoms with Crippen LogP contribution in [0.2, 0.25) is 0 Å². The number of rotatable bonds is 1. The van der Waals surface area contributed by atoms with E-state index in [1.54, 1.807) is 0 Å². The Hall–Kier alpha value is -0.330. The summed E-state index contributed by atoms with van der Waals surface area (Å²) in [6, 6.07) is 0. The van der Waals surface area contributed by atoms with Crippen LogP contribution in [0.1, 0.15) is 26.2 Å². The van der Waals surface area contributed by atoms with E-state index in [0.29, 0.717) is 5.92 Å². The molecule has 0 aromatic carbocycles. The molecule has 0 saturated carbocycles. The lowest BCUT2D eigenvalue weighted by molar-refractivity contribution is 0.334. The first-order valence-electron chi connectivity index (χ1n) is 3.54. The summed E-state index contributed by atoms with van der Waals surface area (Å²) in [4.78, 5) is 0. The number of allylic oxidation sites excluding steroid dienone is 2. The van der Waals surface area contributed by atoms with Crippen molar-refractivity contribution in [1.82, 2.24) is 0 Å². The standard InChI is InChI=1S/C8H13F/c1-7-3-2-4-8(5-7)6-9/h3,8H,2,4-6H2,1H3. The summed E-state index contributed by atoms with van der Waals surface area (Å²) in [6.45, 7) is 1.95. The molecule has 1 heteroatoms. The summed E-state index contributed by atoms with van der Waals surface area (Å²) in [5.41, 5.74) is 1.36. The van der Waals surface area contributed by atoms with Gasteiger partial charge >= 0.3 is 0 Å².